The maximum Gasteiger partial charge on any atom is 0.0147 e. The van der Waals surface area contributed by atoms with Crippen LogP contribution >= 0.6 is 0 Å². The van der Waals surface area contributed by atoms with Gasteiger partial charge >= 0.3 is 0 Å². The minimum absolute atomic E-state index is 1.19. The molecule has 0 aromatic heterocycles. The predicted molar refractivity (Wildman–Crippen MR) is 42.6 cm³/mol. The normalized spacial score (nSPS) is 24.0. The molecule has 0 fully saturated rings. The largest absolute Gasteiger partial charge is 0.388 e. The second kappa shape index (κ2) is 2.49. The van der Waals surface area contributed by atoms with E-state index in [9.17, 15) is 0 Å². The number of hydrogen-bond acceptors (Lipinski definition) is 1. The molecular weight excluding hydrogens is 122 g/mol. The lowest BCUT2D eigenvalue weighted by molar-refractivity contribution is 0.634. The van der Waals surface area contributed by atoms with Crippen LogP contribution in [0.25, 0.3) is 0 Å². The van der Waals surface area contributed by atoms with E-state index in [2.05, 4.69) is 17.5 Å². The zero-order valence-corrected chi connectivity index (χ0v) is 6.19. The molecule has 0 aromatic rings. The molecule has 2 aliphatic rings. The summed E-state index contributed by atoms with van der Waals surface area (Å²) in [4.78, 5) is 0. The molecule has 0 unspecified atom stereocenters. The van der Waals surface area contributed by atoms with E-state index >= 15 is 0 Å². The topological polar surface area (TPSA) is 12.0 Å². The minimum atomic E-state index is 1.19. The average molecular weight is 135 g/mol. The first-order chi connectivity index (χ1) is 4.97. The molecule has 0 saturated heterocycles. The fourth-order valence-electron chi connectivity index (χ4n) is 1.67. The zero-order chi connectivity index (χ0) is 6.81. The van der Waals surface area contributed by atoms with Crippen molar-refractivity contribution in [3.8, 4) is 0 Å². The van der Waals surface area contributed by atoms with Crippen LogP contribution in [0.4, 0.5) is 0 Å². The van der Waals surface area contributed by atoms with E-state index in [0.717, 1.165) is 0 Å². The molecule has 0 atom stereocenters. The van der Waals surface area contributed by atoms with Gasteiger partial charge in [0.2, 0.25) is 0 Å². The molecule has 0 spiro atoms. The third kappa shape index (κ3) is 0.962. The molecule has 1 aliphatic carbocycles. The lowest BCUT2D eigenvalue weighted by Gasteiger charge is -2.22. The Morgan fingerprint density at radius 2 is 2.30 bits per heavy atom. The highest BCUT2D eigenvalue weighted by atomic mass is 14.9. The van der Waals surface area contributed by atoms with Crippen molar-refractivity contribution < 1.29 is 0 Å². The molecule has 1 heteroatoms. The van der Waals surface area contributed by atoms with E-state index in [1.165, 1.54) is 37.9 Å². The quantitative estimate of drug-likeness (QED) is 0.535. The molecule has 0 radical (unpaired) electrons. The van der Waals surface area contributed by atoms with Crippen LogP contribution in [-0.2, 0) is 0 Å². The van der Waals surface area contributed by atoms with Gasteiger partial charge in [0, 0.05) is 12.2 Å². The molecule has 1 N–H and O–H groups in total. The maximum atomic E-state index is 3.45. The van der Waals surface area contributed by atoms with Gasteiger partial charge in [0.05, 0.1) is 0 Å². The Bertz CT molecular complexity index is 189. The standard InChI is InChI=1S/C9H13N/c1-2-6-9-8(4-1)5-3-7-10-9/h1,4,10H,2-3,5-7H2. The molecule has 0 bridgehead atoms. The van der Waals surface area contributed by atoms with Crippen LogP contribution in [0.1, 0.15) is 25.7 Å². The van der Waals surface area contributed by atoms with Crippen molar-refractivity contribution in [2.24, 2.45) is 0 Å². The number of rotatable bonds is 0. The summed E-state index contributed by atoms with van der Waals surface area (Å²) in [6.45, 7) is 1.19. The highest BCUT2D eigenvalue weighted by Gasteiger charge is 2.10. The fraction of sp³-hybridized carbons (Fsp3) is 0.556. The van der Waals surface area contributed by atoms with E-state index in [1.807, 2.05) is 0 Å². The van der Waals surface area contributed by atoms with Crippen molar-refractivity contribution in [2.75, 3.05) is 6.54 Å². The molecule has 54 valence electrons. The molecule has 1 heterocycles. The molecule has 0 saturated carbocycles. The van der Waals surface area contributed by atoms with E-state index < -0.39 is 0 Å². The van der Waals surface area contributed by atoms with Crippen molar-refractivity contribution in [3.05, 3.63) is 23.4 Å². The van der Waals surface area contributed by atoms with Crippen LogP contribution < -0.4 is 5.32 Å². The van der Waals surface area contributed by atoms with Crippen molar-refractivity contribution in [1.29, 1.82) is 0 Å². The Morgan fingerprint density at radius 3 is 3.20 bits per heavy atom. The highest BCUT2D eigenvalue weighted by molar-refractivity contribution is 5.29. The number of hydrogen-bond donors (Lipinski definition) is 1. The Labute approximate surface area is 61.8 Å². The second-order valence-electron chi connectivity index (χ2n) is 2.98. The summed E-state index contributed by atoms with van der Waals surface area (Å²) in [5.41, 5.74) is 3.06. The first-order valence-electron chi connectivity index (χ1n) is 4.09. The minimum Gasteiger partial charge on any atom is -0.388 e. The van der Waals surface area contributed by atoms with E-state index in [1.54, 1.807) is 5.57 Å². The van der Waals surface area contributed by atoms with Gasteiger partial charge in [-0.3, -0.25) is 0 Å². The SMILES string of the molecule is C1=CC2=C(CC1)NCCC2. The van der Waals surface area contributed by atoms with Gasteiger partial charge in [-0.2, -0.15) is 0 Å². The number of allylic oxidation sites excluding steroid dienone is 4. The summed E-state index contributed by atoms with van der Waals surface area (Å²) in [6, 6.07) is 0. The van der Waals surface area contributed by atoms with Crippen LogP contribution in [0.5, 0.6) is 0 Å². The van der Waals surface area contributed by atoms with Gasteiger partial charge in [-0.15, -0.1) is 0 Å². The van der Waals surface area contributed by atoms with Crippen LogP contribution in [0.2, 0.25) is 0 Å². The van der Waals surface area contributed by atoms with Crippen molar-refractivity contribution in [1.82, 2.24) is 5.32 Å². The first kappa shape index (κ1) is 6.02. The van der Waals surface area contributed by atoms with Crippen LogP contribution in [-0.4, -0.2) is 6.54 Å². The summed E-state index contributed by atoms with van der Waals surface area (Å²) in [6.07, 6.45) is 9.64. The van der Waals surface area contributed by atoms with Crippen LogP contribution in [0, 0.1) is 0 Å². The Kier molecular flexibility index (Phi) is 1.50. The van der Waals surface area contributed by atoms with Gasteiger partial charge in [0.1, 0.15) is 0 Å². The number of nitrogens with one attached hydrogen (secondary N) is 1. The zero-order valence-electron chi connectivity index (χ0n) is 6.19. The summed E-state index contributed by atoms with van der Waals surface area (Å²) >= 11 is 0. The van der Waals surface area contributed by atoms with Gasteiger partial charge in [0.15, 0.2) is 0 Å². The van der Waals surface area contributed by atoms with Gasteiger partial charge < -0.3 is 5.32 Å². The van der Waals surface area contributed by atoms with E-state index in [0.29, 0.717) is 0 Å². The smallest absolute Gasteiger partial charge is 0.0147 e. The first-order valence-corrected chi connectivity index (χ1v) is 4.09. The maximum absolute atomic E-state index is 3.45. The molecule has 1 nitrogen and oxygen atoms in total. The van der Waals surface area contributed by atoms with Crippen molar-refractivity contribution in [3.63, 3.8) is 0 Å². The second-order valence-corrected chi connectivity index (χ2v) is 2.98. The predicted octanol–water partition coefficient (Wildman–Crippen LogP) is 1.97. The fourth-order valence-corrected chi connectivity index (χ4v) is 1.67. The summed E-state index contributed by atoms with van der Waals surface area (Å²) in [5, 5.41) is 3.45. The third-order valence-corrected chi connectivity index (χ3v) is 2.23. The Hall–Kier alpha value is -0.720. The molecule has 0 amide bonds. The van der Waals surface area contributed by atoms with E-state index in [-0.39, 0.29) is 0 Å². The summed E-state index contributed by atoms with van der Waals surface area (Å²) in [5.74, 6) is 0. The molecule has 0 aromatic carbocycles. The van der Waals surface area contributed by atoms with Gasteiger partial charge in [0.25, 0.3) is 0 Å². The average Bonchev–Trinajstić information content (AvgIpc) is 2.05. The third-order valence-electron chi connectivity index (χ3n) is 2.23. The van der Waals surface area contributed by atoms with E-state index in [4.69, 9.17) is 0 Å². The monoisotopic (exact) mass is 135 g/mol. The Morgan fingerprint density at radius 1 is 1.30 bits per heavy atom. The summed E-state index contributed by atoms with van der Waals surface area (Å²) in [7, 11) is 0. The molecule has 10 heavy (non-hydrogen) atoms. The van der Waals surface area contributed by atoms with Gasteiger partial charge in [-0.25, -0.2) is 0 Å². The lowest BCUT2D eigenvalue weighted by Crippen LogP contribution is -2.22. The summed E-state index contributed by atoms with van der Waals surface area (Å²) < 4.78 is 0. The highest BCUT2D eigenvalue weighted by Crippen LogP contribution is 2.23. The lowest BCUT2D eigenvalue weighted by atomic mass is 9.96. The van der Waals surface area contributed by atoms with Crippen molar-refractivity contribution in [2.45, 2.75) is 25.7 Å². The van der Waals surface area contributed by atoms with Crippen LogP contribution in [0.3, 0.4) is 0 Å². The Balaban J connectivity index is 2.23. The van der Waals surface area contributed by atoms with Gasteiger partial charge in [-0.05, 0) is 31.3 Å². The van der Waals surface area contributed by atoms with Crippen molar-refractivity contribution >= 4 is 0 Å². The molecular formula is C9H13N. The molecule has 2 rings (SSSR count). The molecule has 1 aliphatic heterocycles. The van der Waals surface area contributed by atoms with Gasteiger partial charge in [-0.1, -0.05) is 12.2 Å². The van der Waals surface area contributed by atoms with Crippen LogP contribution in [0.15, 0.2) is 23.4 Å².